The zero-order valence-corrected chi connectivity index (χ0v) is 14.5. The fourth-order valence-corrected chi connectivity index (χ4v) is 4.88. The van der Waals surface area contributed by atoms with Gasteiger partial charge in [0.1, 0.15) is 4.90 Å². The lowest BCUT2D eigenvalue weighted by Crippen LogP contribution is -2.43. The van der Waals surface area contributed by atoms with E-state index in [9.17, 15) is 13.2 Å². The molecule has 1 atom stereocenters. The second-order valence-electron chi connectivity index (χ2n) is 5.83. The van der Waals surface area contributed by atoms with Crippen LogP contribution >= 0.6 is 11.6 Å². The van der Waals surface area contributed by atoms with Gasteiger partial charge in [-0.3, -0.25) is 4.79 Å². The maximum Gasteiger partial charge on any atom is 0.317 e. The number of rotatable bonds is 6. The fraction of sp³-hybridized carbons (Fsp3) is 0.533. The second kappa shape index (κ2) is 7.61. The van der Waals surface area contributed by atoms with Gasteiger partial charge in [0.05, 0.1) is 11.6 Å². The highest BCUT2D eigenvalue weighted by molar-refractivity contribution is 7.89. The average molecular weight is 361 g/mol. The first kappa shape index (κ1) is 18.2. The van der Waals surface area contributed by atoms with E-state index in [2.05, 4.69) is 5.32 Å². The molecule has 0 radical (unpaired) electrons. The largest absolute Gasteiger partial charge is 0.480 e. The third-order valence-corrected chi connectivity index (χ3v) is 6.24. The van der Waals surface area contributed by atoms with Gasteiger partial charge < -0.3 is 10.4 Å². The van der Waals surface area contributed by atoms with E-state index >= 15 is 0 Å². The molecule has 1 unspecified atom stereocenters. The highest BCUT2D eigenvalue weighted by atomic mass is 35.5. The van der Waals surface area contributed by atoms with Crippen LogP contribution in [-0.2, 0) is 14.8 Å². The predicted molar refractivity (Wildman–Crippen MR) is 88.2 cm³/mol. The number of aliphatic carboxylic acids is 1. The van der Waals surface area contributed by atoms with Crippen LogP contribution in [0.15, 0.2) is 23.1 Å². The summed E-state index contributed by atoms with van der Waals surface area (Å²) in [7, 11) is -3.63. The summed E-state index contributed by atoms with van der Waals surface area (Å²) >= 11 is 6.10. The molecule has 23 heavy (non-hydrogen) atoms. The van der Waals surface area contributed by atoms with Crippen molar-refractivity contribution in [2.24, 2.45) is 5.92 Å². The van der Waals surface area contributed by atoms with Gasteiger partial charge in [0.15, 0.2) is 0 Å². The molecule has 0 spiro atoms. The zero-order chi connectivity index (χ0) is 17.0. The van der Waals surface area contributed by atoms with E-state index in [1.165, 1.54) is 4.31 Å². The minimum atomic E-state index is -3.63. The number of carboxylic acids is 1. The van der Waals surface area contributed by atoms with Crippen molar-refractivity contribution in [1.82, 2.24) is 9.62 Å². The highest BCUT2D eigenvalue weighted by Gasteiger charge is 2.31. The van der Waals surface area contributed by atoms with Crippen LogP contribution in [0.3, 0.4) is 0 Å². The maximum absolute atomic E-state index is 12.8. The summed E-state index contributed by atoms with van der Waals surface area (Å²) in [5.41, 5.74) is 0.906. The van der Waals surface area contributed by atoms with E-state index in [1.54, 1.807) is 18.2 Å². The molecule has 0 aliphatic carbocycles. The van der Waals surface area contributed by atoms with E-state index in [0.29, 0.717) is 19.6 Å². The van der Waals surface area contributed by atoms with E-state index in [0.717, 1.165) is 18.4 Å². The Morgan fingerprint density at radius 3 is 2.87 bits per heavy atom. The minimum Gasteiger partial charge on any atom is -0.480 e. The molecule has 2 rings (SSSR count). The predicted octanol–water partition coefficient (Wildman–Crippen LogP) is 1.72. The van der Waals surface area contributed by atoms with Crippen molar-refractivity contribution < 1.29 is 18.3 Å². The lowest BCUT2D eigenvalue weighted by Gasteiger charge is -2.32. The SMILES string of the molecule is Cc1ccc(S(=O)(=O)N2CCCC(CNCC(=O)O)C2)c(Cl)c1. The van der Waals surface area contributed by atoms with Crippen molar-refractivity contribution in [3.63, 3.8) is 0 Å². The van der Waals surface area contributed by atoms with E-state index in [1.807, 2.05) is 6.92 Å². The Morgan fingerprint density at radius 2 is 2.22 bits per heavy atom. The Hall–Kier alpha value is -1.15. The summed E-state index contributed by atoms with van der Waals surface area (Å²) in [6, 6.07) is 4.91. The number of carboxylic acid groups (broad SMARTS) is 1. The Kier molecular flexibility index (Phi) is 6.02. The molecule has 1 saturated heterocycles. The third-order valence-electron chi connectivity index (χ3n) is 3.90. The summed E-state index contributed by atoms with van der Waals surface area (Å²) in [6.07, 6.45) is 1.63. The van der Waals surface area contributed by atoms with Crippen LogP contribution in [0.25, 0.3) is 0 Å². The molecule has 0 aromatic heterocycles. The van der Waals surface area contributed by atoms with Crippen LogP contribution in [0.1, 0.15) is 18.4 Å². The van der Waals surface area contributed by atoms with Gasteiger partial charge in [-0.15, -0.1) is 0 Å². The molecule has 1 aromatic carbocycles. The molecular weight excluding hydrogens is 340 g/mol. The number of nitrogens with one attached hydrogen (secondary N) is 1. The number of halogens is 1. The monoisotopic (exact) mass is 360 g/mol. The number of nitrogens with zero attached hydrogens (tertiary/aromatic N) is 1. The molecule has 0 bridgehead atoms. The fourth-order valence-electron chi connectivity index (χ4n) is 2.75. The summed E-state index contributed by atoms with van der Waals surface area (Å²) in [5.74, 6) is -0.821. The van der Waals surface area contributed by atoms with Gasteiger partial charge in [-0.2, -0.15) is 4.31 Å². The number of carbonyl (C=O) groups is 1. The number of piperidine rings is 1. The van der Waals surface area contributed by atoms with E-state index < -0.39 is 16.0 Å². The molecule has 0 saturated carbocycles. The lowest BCUT2D eigenvalue weighted by atomic mass is 10.00. The van der Waals surface area contributed by atoms with Crippen molar-refractivity contribution in [3.05, 3.63) is 28.8 Å². The van der Waals surface area contributed by atoms with Crippen molar-refractivity contribution in [2.75, 3.05) is 26.2 Å². The second-order valence-corrected chi connectivity index (χ2v) is 8.14. The minimum absolute atomic E-state index is 0.0992. The zero-order valence-electron chi connectivity index (χ0n) is 13.0. The highest BCUT2D eigenvalue weighted by Crippen LogP contribution is 2.28. The van der Waals surface area contributed by atoms with Crippen LogP contribution in [0, 0.1) is 12.8 Å². The molecule has 6 nitrogen and oxygen atoms in total. The van der Waals surface area contributed by atoms with Gasteiger partial charge in [0.25, 0.3) is 0 Å². The summed E-state index contributed by atoms with van der Waals surface area (Å²) in [6.45, 7) is 3.06. The van der Waals surface area contributed by atoms with Crippen molar-refractivity contribution in [2.45, 2.75) is 24.7 Å². The molecule has 1 fully saturated rings. The third kappa shape index (κ3) is 4.67. The van der Waals surface area contributed by atoms with Crippen LogP contribution in [-0.4, -0.2) is 50.0 Å². The molecule has 1 aromatic rings. The first-order chi connectivity index (χ1) is 10.8. The van der Waals surface area contributed by atoms with Crippen LogP contribution in [0.5, 0.6) is 0 Å². The Balaban J connectivity index is 2.08. The van der Waals surface area contributed by atoms with E-state index in [-0.39, 0.29) is 22.4 Å². The molecule has 2 N–H and O–H groups in total. The summed E-state index contributed by atoms with van der Waals surface area (Å²) in [5, 5.41) is 11.7. The Bertz CT molecular complexity index is 678. The van der Waals surface area contributed by atoms with Crippen molar-refractivity contribution >= 4 is 27.6 Å². The number of hydrogen-bond acceptors (Lipinski definition) is 4. The van der Waals surface area contributed by atoms with Crippen molar-refractivity contribution in [1.29, 1.82) is 0 Å². The van der Waals surface area contributed by atoms with Gasteiger partial charge in [-0.25, -0.2) is 8.42 Å². The van der Waals surface area contributed by atoms with Crippen molar-refractivity contribution in [3.8, 4) is 0 Å². The van der Waals surface area contributed by atoms with Gasteiger partial charge in [-0.05, 0) is 49.9 Å². The first-order valence-electron chi connectivity index (χ1n) is 7.49. The summed E-state index contributed by atoms with van der Waals surface area (Å²) < 4.78 is 27.0. The molecule has 1 aliphatic rings. The summed E-state index contributed by atoms with van der Waals surface area (Å²) in [4.78, 5) is 10.7. The number of benzene rings is 1. The van der Waals surface area contributed by atoms with Gasteiger partial charge in [0, 0.05) is 13.1 Å². The molecule has 0 amide bonds. The standard InChI is InChI=1S/C15H21ClN2O4S/c1-11-4-5-14(13(16)7-11)23(21,22)18-6-2-3-12(10-18)8-17-9-15(19)20/h4-5,7,12,17H,2-3,6,8-10H2,1H3,(H,19,20). The van der Waals surface area contributed by atoms with Crippen LogP contribution in [0.4, 0.5) is 0 Å². The lowest BCUT2D eigenvalue weighted by molar-refractivity contribution is -0.136. The smallest absolute Gasteiger partial charge is 0.317 e. The number of sulfonamides is 1. The topological polar surface area (TPSA) is 86.7 Å². The van der Waals surface area contributed by atoms with Crippen LogP contribution < -0.4 is 5.32 Å². The number of hydrogen-bond donors (Lipinski definition) is 2. The van der Waals surface area contributed by atoms with Gasteiger partial charge in [0.2, 0.25) is 10.0 Å². The molecular formula is C15H21ClN2O4S. The molecule has 128 valence electrons. The van der Waals surface area contributed by atoms with Crippen LogP contribution in [0.2, 0.25) is 5.02 Å². The molecule has 8 heteroatoms. The maximum atomic E-state index is 12.8. The Morgan fingerprint density at radius 1 is 1.48 bits per heavy atom. The normalized spacial score (nSPS) is 19.7. The van der Waals surface area contributed by atoms with Gasteiger partial charge in [-0.1, -0.05) is 17.7 Å². The molecule has 1 heterocycles. The van der Waals surface area contributed by atoms with E-state index in [4.69, 9.17) is 16.7 Å². The van der Waals surface area contributed by atoms with Gasteiger partial charge >= 0.3 is 5.97 Å². The molecule has 1 aliphatic heterocycles. The quantitative estimate of drug-likeness (QED) is 0.806. The average Bonchev–Trinajstić information content (AvgIpc) is 2.46. The first-order valence-corrected chi connectivity index (χ1v) is 9.31. The number of aryl methyl sites for hydroxylation is 1. The Labute approximate surface area is 141 Å².